The Bertz CT molecular complexity index is 559. The molecule has 1 aromatic heterocycles. The second kappa shape index (κ2) is 5.41. The van der Waals surface area contributed by atoms with Crippen LogP contribution in [0.15, 0.2) is 42.6 Å². The summed E-state index contributed by atoms with van der Waals surface area (Å²) in [6.45, 7) is 6.48. The van der Waals surface area contributed by atoms with E-state index in [1.54, 1.807) is 18.3 Å². The molecule has 100 valence electrons. The first kappa shape index (κ1) is 13.6. The number of nitrogens with zero attached hydrogens (tertiary/aromatic N) is 1. The molecule has 0 aliphatic heterocycles. The number of aliphatic hydroxyl groups excluding tert-OH is 1. The van der Waals surface area contributed by atoms with Gasteiger partial charge in [0.2, 0.25) is 5.88 Å². The van der Waals surface area contributed by atoms with E-state index in [1.165, 1.54) is 5.56 Å². The van der Waals surface area contributed by atoms with Crippen LogP contribution in [0.5, 0.6) is 11.6 Å². The van der Waals surface area contributed by atoms with Crippen molar-refractivity contribution in [1.82, 2.24) is 4.98 Å². The van der Waals surface area contributed by atoms with Crippen molar-refractivity contribution >= 4 is 0 Å². The molecule has 0 fully saturated rings. The summed E-state index contributed by atoms with van der Waals surface area (Å²) in [4.78, 5) is 4.14. The highest BCUT2D eigenvalue weighted by molar-refractivity contribution is 5.35. The number of hydrogen-bond acceptors (Lipinski definition) is 3. The lowest BCUT2D eigenvalue weighted by Crippen LogP contribution is -2.10. The number of aromatic nitrogens is 1. The van der Waals surface area contributed by atoms with Crippen molar-refractivity contribution in [2.45, 2.75) is 32.8 Å². The molecule has 0 aliphatic carbocycles. The molecule has 0 radical (unpaired) electrons. The Hall–Kier alpha value is -1.87. The molecule has 2 rings (SSSR count). The van der Waals surface area contributed by atoms with Crippen LogP contribution >= 0.6 is 0 Å². The van der Waals surface area contributed by atoms with E-state index in [9.17, 15) is 0 Å². The molecule has 0 atom stereocenters. The van der Waals surface area contributed by atoms with Gasteiger partial charge in [-0.25, -0.2) is 4.98 Å². The summed E-state index contributed by atoms with van der Waals surface area (Å²) in [5.41, 5.74) is 2.08. The van der Waals surface area contributed by atoms with Crippen LogP contribution in [-0.2, 0) is 12.0 Å². The monoisotopic (exact) mass is 257 g/mol. The van der Waals surface area contributed by atoms with E-state index in [1.807, 2.05) is 18.2 Å². The summed E-state index contributed by atoms with van der Waals surface area (Å²) >= 11 is 0. The SMILES string of the molecule is CC(C)(C)c1cccc(Oc2cc(CO)ccn2)c1. The molecule has 0 bridgehead atoms. The molecular formula is C16H19NO2. The van der Waals surface area contributed by atoms with Crippen LogP contribution in [0.3, 0.4) is 0 Å². The predicted octanol–water partition coefficient (Wildman–Crippen LogP) is 3.66. The Labute approximate surface area is 113 Å². The van der Waals surface area contributed by atoms with Crippen molar-refractivity contribution in [1.29, 1.82) is 0 Å². The van der Waals surface area contributed by atoms with Crippen LogP contribution in [0.25, 0.3) is 0 Å². The summed E-state index contributed by atoms with van der Waals surface area (Å²) in [5.74, 6) is 1.26. The van der Waals surface area contributed by atoms with Gasteiger partial charge in [0.05, 0.1) is 6.61 Å². The average Bonchev–Trinajstić information content (AvgIpc) is 2.38. The van der Waals surface area contributed by atoms with E-state index in [0.717, 1.165) is 11.3 Å². The molecule has 0 spiro atoms. The summed E-state index contributed by atoms with van der Waals surface area (Å²) in [6.07, 6.45) is 1.63. The topological polar surface area (TPSA) is 42.4 Å². The highest BCUT2D eigenvalue weighted by atomic mass is 16.5. The number of hydrogen-bond donors (Lipinski definition) is 1. The van der Waals surface area contributed by atoms with Gasteiger partial charge in [-0.1, -0.05) is 32.9 Å². The van der Waals surface area contributed by atoms with Gasteiger partial charge in [-0.2, -0.15) is 0 Å². The third kappa shape index (κ3) is 3.55. The smallest absolute Gasteiger partial charge is 0.219 e. The fraction of sp³-hybridized carbons (Fsp3) is 0.312. The second-order valence-electron chi connectivity index (χ2n) is 5.54. The zero-order valence-electron chi connectivity index (χ0n) is 11.6. The molecule has 0 amide bonds. The van der Waals surface area contributed by atoms with Crippen molar-refractivity contribution in [3.63, 3.8) is 0 Å². The summed E-state index contributed by atoms with van der Waals surface area (Å²) in [7, 11) is 0. The maximum absolute atomic E-state index is 9.10. The van der Waals surface area contributed by atoms with E-state index >= 15 is 0 Å². The normalized spacial score (nSPS) is 11.4. The van der Waals surface area contributed by atoms with Crippen LogP contribution in [0.1, 0.15) is 31.9 Å². The molecule has 0 saturated carbocycles. The minimum Gasteiger partial charge on any atom is -0.439 e. The van der Waals surface area contributed by atoms with E-state index in [-0.39, 0.29) is 12.0 Å². The lowest BCUT2D eigenvalue weighted by Gasteiger charge is -2.19. The van der Waals surface area contributed by atoms with Gasteiger partial charge in [-0.05, 0) is 34.7 Å². The molecule has 1 heterocycles. The van der Waals surface area contributed by atoms with Crippen LogP contribution in [0.4, 0.5) is 0 Å². The molecule has 0 saturated heterocycles. The van der Waals surface area contributed by atoms with Crippen LogP contribution in [0.2, 0.25) is 0 Å². The fourth-order valence-corrected chi connectivity index (χ4v) is 1.75. The van der Waals surface area contributed by atoms with Gasteiger partial charge in [0.25, 0.3) is 0 Å². The van der Waals surface area contributed by atoms with Crippen molar-refractivity contribution in [3.8, 4) is 11.6 Å². The minimum absolute atomic E-state index is 0.0130. The first-order chi connectivity index (χ1) is 8.99. The standard InChI is InChI=1S/C16H19NO2/c1-16(2,3)13-5-4-6-14(10-13)19-15-9-12(11-18)7-8-17-15/h4-10,18H,11H2,1-3H3. The zero-order valence-corrected chi connectivity index (χ0v) is 11.6. The quantitative estimate of drug-likeness (QED) is 0.912. The zero-order chi connectivity index (χ0) is 13.9. The number of ether oxygens (including phenoxy) is 1. The molecule has 1 N–H and O–H groups in total. The third-order valence-corrected chi connectivity index (χ3v) is 2.90. The van der Waals surface area contributed by atoms with E-state index in [0.29, 0.717) is 5.88 Å². The minimum atomic E-state index is -0.0130. The highest BCUT2D eigenvalue weighted by Crippen LogP contribution is 2.27. The number of pyridine rings is 1. The summed E-state index contributed by atoms with van der Waals surface area (Å²) in [6, 6.07) is 11.5. The Morgan fingerprint density at radius 3 is 2.63 bits per heavy atom. The molecule has 0 aliphatic rings. The van der Waals surface area contributed by atoms with E-state index in [4.69, 9.17) is 9.84 Å². The maximum Gasteiger partial charge on any atom is 0.219 e. The van der Waals surface area contributed by atoms with Gasteiger partial charge in [-0.15, -0.1) is 0 Å². The lowest BCUT2D eigenvalue weighted by molar-refractivity contribution is 0.281. The van der Waals surface area contributed by atoms with Crippen molar-refractivity contribution < 1.29 is 9.84 Å². The van der Waals surface area contributed by atoms with Crippen LogP contribution in [-0.4, -0.2) is 10.1 Å². The number of rotatable bonds is 3. The molecule has 0 unspecified atom stereocenters. The van der Waals surface area contributed by atoms with Gasteiger partial charge in [0.15, 0.2) is 0 Å². The first-order valence-electron chi connectivity index (χ1n) is 6.33. The largest absolute Gasteiger partial charge is 0.439 e. The predicted molar refractivity (Wildman–Crippen MR) is 75.4 cm³/mol. The Kier molecular flexibility index (Phi) is 3.86. The van der Waals surface area contributed by atoms with Crippen molar-refractivity contribution in [3.05, 3.63) is 53.7 Å². The van der Waals surface area contributed by atoms with Gasteiger partial charge in [-0.3, -0.25) is 0 Å². The number of aliphatic hydroxyl groups is 1. The number of benzene rings is 1. The summed E-state index contributed by atoms with van der Waals surface area (Å²) < 4.78 is 5.73. The molecule has 3 heteroatoms. The lowest BCUT2D eigenvalue weighted by atomic mass is 9.87. The maximum atomic E-state index is 9.10. The van der Waals surface area contributed by atoms with E-state index in [2.05, 4.69) is 31.8 Å². The van der Waals surface area contributed by atoms with Crippen LogP contribution in [0, 0.1) is 0 Å². The van der Waals surface area contributed by atoms with Crippen molar-refractivity contribution in [2.75, 3.05) is 0 Å². The van der Waals surface area contributed by atoms with Gasteiger partial charge in [0.1, 0.15) is 5.75 Å². The van der Waals surface area contributed by atoms with E-state index < -0.39 is 0 Å². The molecule has 3 nitrogen and oxygen atoms in total. The van der Waals surface area contributed by atoms with Gasteiger partial charge in [0, 0.05) is 12.3 Å². The fourth-order valence-electron chi connectivity index (χ4n) is 1.75. The Morgan fingerprint density at radius 2 is 1.95 bits per heavy atom. The molecule has 2 aromatic rings. The molecule has 1 aromatic carbocycles. The van der Waals surface area contributed by atoms with Gasteiger partial charge < -0.3 is 9.84 Å². The van der Waals surface area contributed by atoms with Crippen LogP contribution < -0.4 is 4.74 Å². The molecular weight excluding hydrogens is 238 g/mol. The summed E-state index contributed by atoms with van der Waals surface area (Å²) in [5, 5.41) is 9.10. The average molecular weight is 257 g/mol. The Morgan fingerprint density at radius 1 is 1.16 bits per heavy atom. The molecule has 19 heavy (non-hydrogen) atoms. The first-order valence-corrected chi connectivity index (χ1v) is 6.33. The van der Waals surface area contributed by atoms with Crippen molar-refractivity contribution in [2.24, 2.45) is 0 Å². The second-order valence-corrected chi connectivity index (χ2v) is 5.54. The Balaban J connectivity index is 2.23. The third-order valence-electron chi connectivity index (χ3n) is 2.90. The van der Waals surface area contributed by atoms with Gasteiger partial charge >= 0.3 is 0 Å². The highest BCUT2D eigenvalue weighted by Gasteiger charge is 2.14.